The molecule has 3 aromatic rings. The lowest BCUT2D eigenvalue weighted by Crippen LogP contribution is -2.52. The van der Waals surface area contributed by atoms with Crippen molar-refractivity contribution in [3.63, 3.8) is 0 Å². The van der Waals surface area contributed by atoms with Gasteiger partial charge in [0.15, 0.2) is 11.5 Å². The van der Waals surface area contributed by atoms with Crippen LogP contribution in [-0.2, 0) is 0 Å². The fraction of sp³-hybridized carbons (Fsp3) is 0.250. The van der Waals surface area contributed by atoms with Crippen LogP contribution in [-0.4, -0.2) is 51.7 Å². The summed E-state index contributed by atoms with van der Waals surface area (Å²) in [5.41, 5.74) is 3.15. The Kier molecular flexibility index (Phi) is 5.95. The Hall–Kier alpha value is -4.21. The second-order valence-corrected chi connectivity index (χ2v) is 8.40. The zero-order valence-corrected chi connectivity index (χ0v) is 19.1. The molecule has 4 heterocycles. The molecule has 2 aromatic heterocycles. The van der Waals surface area contributed by atoms with Crippen molar-refractivity contribution in [3.8, 4) is 6.07 Å². The third-order valence-electron chi connectivity index (χ3n) is 6.11. The number of fused-ring (bicyclic) bond motifs is 1. The van der Waals surface area contributed by atoms with Gasteiger partial charge in [0.2, 0.25) is 0 Å². The number of hydrazine groups is 1. The highest BCUT2D eigenvalue weighted by atomic mass is 19.3. The van der Waals surface area contributed by atoms with Gasteiger partial charge >= 0.3 is 0 Å². The molecule has 0 atom stereocenters. The third kappa shape index (κ3) is 3.78. The second-order valence-electron chi connectivity index (χ2n) is 8.40. The maximum Gasteiger partial charge on any atom is 0.283 e. The van der Waals surface area contributed by atoms with Gasteiger partial charge in [-0.15, -0.1) is 0 Å². The number of benzene rings is 1. The van der Waals surface area contributed by atoms with Crippen molar-refractivity contribution < 1.29 is 18.3 Å². The number of aliphatic hydroxyl groups is 1. The number of halogens is 3. The van der Waals surface area contributed by atoms with Crippen LogP contribution in [0.4, 0.5) is 24.7 Å². The Balaban J connectivity index is 1.80. The van der Waals surface area contributed by atoms with Gasteiger partial charge in [0.05, 0.1) is 17.5 Å². The van der Waals surface area contributed by atoms with Crippen molar-refractivity contribution in [3.05, 3.63) is 63.2 Å². The standard InChI is InChI=1S/C24H21F3N8O/c1-13-17(9-14-3-4-19(34-8-2-7-30-34)20(25)16(14)5-6-28)24(33-11-15(36)12-33)35-23(31-13)18(10-29)21(32-35)22(26)27/h2-6,8-9,15,22,28,30,36H,7,11-12H2,1H3/b14-9+,16-5+,28-6?. The van der Waals surface area contributed by atoms with Gasteiger partial charge in [0.1, 0.15) is 23.1 Å². The van der Waals surface area contributed by atoms with Crippen molar-refractivity contribution in [1.29, 1.82) is 10.7 Å². The van der Waals surface area contributed by atoms with Crippen LogP contribution >= 0.6 is 0 Å². The molecule has 5 rings (SSSR count). The molecule has 3 N–H and O–H groups in total. The minimum atomic E-state index is -2.98. The topological polar surface area (TPSA) is 117 Å². The SMILES string of the molecule is Cc1nc2c(C#N)c(C(F)F)nn2c(N2CC(O)C2)c1/C=c1\ccc(N2C=CCN2)c(F)\c1=C\C=N. The quantitative estimate of drug-likeness (QED) is 0.458. The molecule has 0 bridgehead atoms. The fourth-order valence-corrected chi connectivity index (χ4v) is 4.38. The first-order chi connectivity index (χ1) is 17.3. The van der Waals surface area contributed by atoms with Gasteiger partial charge in [0, 0.05) is 42.8 Å². The summed E-state index contributed by atoms with van der Waals surface area (Å²) >= 11 is 0. The summed E-state index contributed by atoms with van der Waals surface area (Å²) < 4.78 is 44.0. The molecule has 0 spiro atoms. The first kappa shape index (κ1) is 23.5. The Morgan fingerprint density at radius 2 is 2.11 bits per heavy atom. The average molecular weight is 494 g/mol. The maximum absolute atomic E-state index is 15.5. The van der Waals surface area contributed by atoms with Crippen LogP contribution in [0.3, 0.4) is 0 Å². The molecule has 2 aliphatic rings. The van der Waals surface area contributed by atoms with Crippen LogP contribution in [0.2, 0.25) is 0 Å². The first-order valence-electron chi connectivity index (χ1n) is 11.1. The molecule has 0 radical (unpaired) electrons. The number of nitrogens with zero attached hydrogens (tertiary/aromatic N) is 6. The Morgan fingerprint density at radius 3 is 2.72 bits per heavy atom. The predicted octanol–water partition coefficient (Wildman–Crippen LogP) is 1.26. The number of hydrogen-bond acceptors (Lipinski definition) is 8. The molecule has 0 aliphatic carbocycles. The lowest BCUT2D eigenvalue weighted by molar-refractivity contribution is 0.139. The summed E-state index contributed by atoms with van der Waals surface area (Å²) in [5, 5.41) is 33.1. The van der Waals surface area contributed by atoms with E-state index in [1.165, 1.54) is 10.6 Å². The molecule has 0 unspecified atom stereocenters. The third-order valence-corrected chi connectivity index (χ3v) is 6.11. The summed E-state index contributed by atoms with van der Waals surface area (Å²) in [6, 6.07) is 5.06. The number of anilines is 2. The van der Waals surface area contributed by atoms with Crippen LogP contribution < -0.4 is 25.8 Å². The zero-order chi connectivity index (χ0) is 25.6. The number of alkyl halides is 2. The molecule has 9 nitrogen and oxygen atoms in total. The van der Waals surface area contributed by atoms with Crippen molar-refractivity contribution in [2.75, 3.05) is 29.5 Å². The van der Waals surface area contributed by atoms with E-state index < -0.39 is 24.0 Å². The molecule has 36 heavy (non-hydrogen) atoms. The van der Waals surface area contributed by atoms with Gasteiger partial charge in [-0.1, -0.05) is 12.1 Å². The van der Waals surface area contributed by atoms with Crippen LogP contribution in [0.1, 0.15) is 28.9 Å². The van der Waals surface area contributed by atoms with Crippen LogP contribution in [0.15, 0.2) is 24.4 Å². The van der Waals surface area contributed by atoms with Crippen LogP contribution in [0.25, 0.3) is 17.8 Å². The highest BCUT2D eigenvalue weighted by Gasteiger charge is 2.32. The van der Waals surface area contributed by atoms with Gasteiger partial charge in [-0.05, 0) is 30.4 Å². The summed E-state index contributed by atoms with van der Waals surface area (Å²) in [6.07, 6.45) is 3.91. The van der Waals surface area contributed by atoms with E-state index in [0.29, 0.717) is 28.8 Å². The maximum atomic E-state index is 15.5. The monoisotopic (exact) mass is 494 g/mol. The number of nitriles is 1. The van der Waals surface area contributed by atoms with E-state index in [9.17, 15) is 19.1 Å². The van der Waals surface area contributed by atoms with E-state index in [1.807, 2.05) is 6.08 Å². The predicted molar refractivity (Wildman–Crippen MR) is 128 cm³/mol. The smallest absolute Gasteiger partial charge is 0.283 e. The molecule has 1 aromatic carbocycles. The molecule has 0 saturated carbocycles. The van der Waals surface area contributed by atoms with Crippen molar-refractivity contribution in [2.45, 2.75) is 19.5 Å². The molecule has 12 heteroatoms. The van der Waals surface area contributed by atoms with Crippen molar-refractivity contribution >= 4 is 35.5 Å². The van der Waals surface area contributed by atoms with Crippen molar-refractivity contribution in [1.82, 2.24) is 20.0 Å². The van der Waals surface area contributed by atoms with Gasteiger partial charge in [0.25, 0.3) is 6.43 Å². The Morgan fingerprint density at radius 1 is 1.33 bits per heavy atom. The number of aliphatic hydroxyl groups excluding tert-OH is 1. The molecular weight excluding hydrogens is 473 g/mol. The Bertz CT molecular complexity index is 1570. The van der Waals surface area contributed by atoms with Gasteiger partial charge in [-0.3, -0.25) is 5.01 Å². The van der Waals surface area contributed by atoms with Gasteiger partial charge < -0.3 is 15.4 Å². The van der Waals surface area contributed by atoms with Crippen molar-refractivity contribution in [2.24, 2.45) is 0 Å². The lowest BCUT2D eigenvalue weighted by Gasteiger charge is -2.38. The molecule has 1 fully saturated rings. The van der Waals surface area contributed by atoms with Crippen LogP contribution in [0.5, 0.6) is 0 Å². The molecule has 184 valence electrons. The Labute approximate surface area is 203 Å². The molecular formula is C24H21F3N8O. The first-order valence-corrected chi connectivity index (χ1v) is 11.1. The summed E-state index contributed by atoms with van der Waals surface area (Å²) in [6.45, 7) is 2.67. The largest absolute Gasteiger partial charge is 0.389 e. The number of aromatic nitrogens is 3. The number of aryl methyl sites for hydroxylation is 1. The fourth-order valence-electron chi connectivity index (χ4n) is 4.38. The van der Waals surface area contributed by atoms with Crippen LogP contribution in [0, 0.1) is 29.5 Å². The average Bonchev–Trinajstić information content (AvgIpc) is 3.48. The number of rotatable bonds is 5. The molecule has 0 amide bonds. The van der Waals surface area contributed by atoms with Gasteiger partial charge in [-0.2, -0.15) is 14.9 Å². The number of hydrogen-bond donors (Lipinski definition) is 3. The normalized spacial score (nSPS) is 16.9. The summed E-state index contributed by atoms with van der Waals surface area (Å²) in [7, 11) is 0. The minimum absolute atomic E-state index is 0.0152. The highest BCUT2D eigenvalue weighted by molar-refractivity contribution is 5.89. The van der Waals surface area contributed by atoms with E-state index >= 15 is 4.39 Å². The molecule has 2 aliphatic heterocycles. The second kappa shape index (κ2) is 9.10. The lowest BCUT2D eigenvalue weighted by atomic mass is 10.1. The number of β-amino-alcohol motifs (C(OH)–C–C–N with tert-alkyl or cyclic N) is 1. The zero-order valence-electron chi connectivity index (χ0n) is 19.1. The summed E-state index contributed by atoms with van der Waals surface area (Å²) in [5.74, 6) is -0.189. The summed E-state index contributed by atoms with van der Waals surface area (Å²) in [4.78, 5) is 6.13. The molecule has 1 saturated heterocycles. The van der Waals surface area contributed by atoms with E-state index in [1.54, 1.807) is 47.3 Å². The van der Waals surface area contributed by atoms with E-state index in [0.717, 1.165) is 6.21 Å². The minimum Gasteiger partial charge on any atom is -0.389 e. The van der Waals surface area contributed by atoms with E-state index in [4.69, 9.17) is 5.41 Å². The van der Waals surface area contributed by atoms with E-state index in [2.05, 4.69) is 15.5 Å². The van der Waals surface area contributed by atoms with Gasteiger partial charge in [-0.25, -0.2) is 23.6 Å². The number of nitrogens with one attached hydrogen (secondary N) is 2. The highest BCUT2D eigenvalue weighted by Crippen LogP contribution is 2.32. The van der Waals surface area contributed by atoms with E-state index in [-0.39, 0.29) is 35.2 Å².